The molecule has 0 aliphatic heterocycles. The molecule has 0 atom stereocenters. The molecule has 1 N–H and O–H groups in total. The van der Waals surface area contributed by atoms with Gasteiger partial charge in [0.25, 0.3) is 0 Å². The molecule has 1 aromatic rings. The van der Waals surface area contributed by atoms with Gasteiger partial charge in [0.2, 0.25) is 5.91 Å². The van der Waals surface area contributed by atoms with Gasteiger partial charge in [0.1, 0.15) is 0 Å². The number of carbonyl (C=O) groups is 2. The van der Waals surface area contributed by atoms with Crippen LogP contribution >= 0.6 is 23.2 Å². The molecule has 0 fully saturated rings. The number of nitrogens with one attached hydrogen (secondary N) is 1. The Kier molecular flexibility index (Phi) is 5.95. The van der Waals surface area contributed by atoms with Crippen molar-refractivity contribution in [2.75, 3.05) is 18.3 Å². The number of esters is 1. The predicted molar refractivity (Wildman–Crippen MR) is 71.4 cm³/mol. The van der Waals surface area contributed by atoms with Crippen molar-refractivity contribution < 1.29 is 14.3 Å². The summed E-state index contributed by atoms with van der Waals surface area (Å²) in [5.41, 5.74) is 0.716. The maximum Gasteiger partial charge on any atom is 0.337 e. The fraction of sp³-hybridized carbons (Fsp3) is 0.333. The number of halogens is 2. The highest BCUT2D eigenvalue weighted by molar-refractivity contribution is 6.33. The third-order valence-electron chi connectivity index (χ3n) is 2.20. The number of benzene rings is 1. The van der Waals surface area contributed by atoms with Crippen LogP contribution in [0.5, 0.6) is 0 Å². The van der Waals surface area contributed by atoms with Crippen molar-refractivity contribution >= 4 is 40.8 Å². The molecule has 4 nitrogen and oxygen atoms in total. The van der Waals surface area contributed by atoms with E-state index in [2.05, 4.69) is 10.1 Å². The SMILES string of the molecule is COC(=O)c1ccc(Cl)c(NC(=O)CCCCl)c1. The summed E-state index contributed by atoms with van der Waals surface area (Å²) in [6, 6.07) is 4.54. The molecule has 0 heterocycles. The van der Waals surface area contributed by atoms with Gasteiger partial charge in [-0.1, -0.05) is 11.6 Å². The van der Waals surface area contributed by atoms with Crippen LogP contribution in [0, 0.1) is 0 Å². The van der Waals surface area contributed by atoms with Crippen molar-refractivity contribution in [3.63, 3.8) is 0 Å². The molecule has 0 spiro atoms. The van der Waals surface area contributed by atoms with Gasteiger partial charge in [-0.15, -0.1) is 11.6 Å². The highest BCUT2D eigenvalue weighted by Gasteiger charge is 2.10. The average molecular weight is 290 g/mol. The fourth-order valence-electron chi connectivity index (χ4n) is 1.31. The van der Waals surface area contributed by atoms with Crippen molar-refractivity contribution in [2.24, 2.45) is 0 Å². The van der Waals surface area contributed by atoms with Crippen molar-refractivity contribution in [1.82, 2.24) is 0 Å². The molecule has 0 aliphatic rings. The van der Waals surface area contributed by atoms with E-state index in [0.29, 0.717) is 35.0 Å². The number of hydrogen-bond donors (Lipinski definition) is 1. The summed E-state index contributed by atoms with van der Waals surface area (Å²) in [5, 5.41) is 2.99. The highest BCUT2D eigenvalue weighted by atomic mass is 35.5. The molecule has 0 radical (unpaired) electrons. The van der Waals surface area contributed by atoms with Crippen LogP contribution in [0.2, 0.25) is 5.02 Å². The first-order valence-electron chi connectivity index (χ1n) is 5.32. The lowest BCUT2D eigenvalue weighted by molar-refractivity contribution is -0.116. The molecule has 0 aromatic heterocycles. The van der Waals surface area contributed by atoms with Gasteiger partial charge < -0.3 is 10.1 Å². The molecule has 6 heteroatoms. The lowest BCUT2D eigenvalue weighted by atomic mass is 10.2. The number of carbonyl (C=O) groups excluding carboxylic acids is 2. The van der Waals surface area contributed by atoms with Crippen LogP contribution < -0.4 is 5.32 Å². The van der Waals surface area contributed by atoms with Crippen LogP contribution in [0.25, 0.3) is 0 Å². The Hall–Kier alpha value is -1.26. The van der Waals surface area contributed by atoms with Crippen molar-refractivity contribution in [1.29, 1.82) is 0 Å². The minimum absolute atomic E-state index is 0.195. The van der Waals surface area contributed by atoms with Gasteiger partial charge in [0.05, 0.1) is 23.4 Å². The molecule has 1 aromatic carbocycles. The Morgan fingerprint density at radius 1 is 1.39 bits per heavy atom. The van der Waals surface area contributed by atoms with Gasteiger partial charge in [-0.3, -0.25) is 4.79 Å². The van der Waals surface area contributed by atoms with Crippen LogP contribution in [0.4, 0.5) is 5.69 Å². The van der Waals surface area contributed by atoms with Crippen LogP contribution in [0.3, 0.4) is 0 Å². The first-order chi connectivity index (χ1) is 8.58. The molecular weight excluding hydrogens is 277 g/mol. The number of alkyl halides is 1. The first kappa shape index (κ1) is 14.8. The van der Waals surface area contributed by atoms with Gasteiger partial charge in [0, 0.05) is 12.3 Å². The summed E-state index contributed by atoms with van der Waals surface area (Å²) in [6.07, 6.45) is 0.893. The normalized spacial score (nSPS) is 9.94. The molecule has 0 saturated carbocycles. The monoisotopic (exact) mass is 289 g/mol. The zero-order chi connectivity index (χ0) is 13.5. The molecule has 18 heavy (non-hydrogen) atoms. The minimum atomic E-state index is -0.483. The van der Waals surface area contributed by atoms with E-state index in [4.69, 9.17) is 23.2 Å². The Morgan fingerprint density at radius 2 is 2.11 bits per heavy atom. The number of methoxy groups -OCH3 is 1. The second-order valence-electron chi connectivity index (χ2n) is 3.53. The molecule has 0 bridgehead atoms. The third kappa shape index (κ3) is 4.20. The minimum Gasteiger partial charge on any atom is -0.465 e. The molecule has 0 saturated heterocycles. The summed E-state index contributed by atoms with van der Waals surface area (Å²) in [6.45, 7) is 0. The smallest absolute Gasteiger partial charge is 0.337 e. The second-order valence-corrected chi connectivity index (χ2v) is 4.31. The number of amides is 1. The van der Waals surface area contributed by atoms with Gasteiger partial charge in [-0.2, -0.15) is 0 Å². The van der Waals surface area contributed by atoms with Gasteiger partial charge in [-0.05, 0) is 24.6 Å². The Labute approximate surface area is 115 Å². The molecule has 1 rings (SSSR count). The average Bonchev–Trinajstić information content (AvgIpc) is 2.38. The lowest BCUT2D eigenvalue weighted by Crippen LogP contribution is -2.12. The number of anilines is 1. The van der Waals surface area contributed by atoms with E-state index in [0.717, 1.165) is 0 Å². The fourth-order valence-corrected chi connectivity index (χ4v) is 1.60. The molecule has 1 amide bonds. The van der Waals surface area contributed by atoms with Crippen molar-refractivity contribution in [3.8, 4) is 0 Å². The maximum absolute atomic E-state index is 11.5. The summed E-state index contributed by atoms with van der Waals surface area (Å²) in [5.74, 6) is -0.258. The number of ether oxygens (including phenoxy) is 1. The second kappa shape index (κ2) is 7.24. The van der Waals surface area contributed by atoms with Gasteiger partial charge >= 0.3 is 5.97 Å². The van der Waals surface area contributed by atoms with Crippen LogP contribution in [0.1, 0.15) is 23.2 Å². The zero-order valence-corrected chi connectivity index (χ0v) is 11.3. The Morgan fingerprint density at radius 3 is 2.72 bits per heavy atom. The summed E-state index contributed by atoms with van der Waals surface area (Å²) in [7, 11) is 1.29. The lowest BCUT2D eigenvalue weighted by Gasteiger charge is -2.08. The predicted octanol–water partition coefficient (Wildman–Crippen LogP) is 3.08. The molecule has 0 aliphatic carbocycles. The van der Waals surface area contributed by atoms with E-state index in [1.807, 2.05) is 0 Å². The van der Waals surface area contributed by atoms with Crippen molar-refractivity contribution in [3.05, 3.63) is 28.8 Å². The van der Waals surface area contributed by atoms with Gasteiger partial charge in [-0.25, -0.2) is 4.79 Å². The summed E-state index contributed by atoms with van der Waals surface area (Å²) in [4.78, 5) is 22.9. The Balaban J connectivity index is 2.81. The number of hydrogen-bond acceptors (Lipinski definition) is 3. The summed E-state index contributed by atoms with van der Waals surface area (Å²) >= 11 is 11.4. The van der Waals surface area contributed by atoms with E-state index in [1.165, 1.54) is 25.3 Å². The van der Waals surface area contributed by atoms with E-state index in [9.17, 15) is 9.59 Å². The largest absolute Gasteiger partial charge is 0.465 e. The number of rotatable bonds is 5. The molecular formula is C12H13Cl2NO3. The Bertz CT molecular complexity index is 449. The van der Waals surface area contributed by atoms with Crippen LogP contribution in [-0.2, 0) is 9.53 Å². The highest BCUT2D eigenvalue weighted by Crippen LogP contribution is 2.23. The topological polar surface area (TPSA) is 55.4 Å². The summed E-state index contributed by atoms with van der Waals surface area (Å²) < 4.78 is 4.59. The first-order valence-corrected chi connectivity index (χ1v) is 6.23. The van der Waals surface area contributed by atoms with Crippen molar-refractivity contribution in [2.45, 2.75) is 12.8 Å². The van der Waals surface area contributed by atoms with E-state index in [-0.39, 0.29) is 5.91 Å². The standard InChI is InChI=1S/C12H13Cl2NO3/c1-18-12(17)8-4-5-9(14)10(7-8)15-11(16)3-2-6-13/h4-5,7H,2-3,6H2,1H3,(H,15,16). The van der Waals surface area contributed by atoms with Gasteiger partial charge in [0.15, 0.2) is 0 Å². The quantitative estimate of drug-likeness (QED) is 0.669. The zero-order valence-electron chi connectivity index (χ0n) is 9.83. The van der Waals surface area contributed by atoms with Crippen LogP contribution in [0.15, 0.2) is 18.2 Å². The van der Waals surface area contributed by atoms with Crippen LogP contribution in [-0.4, -0.2) is 24.9 Å². The van der Waals surface area contributed by atoms with E-state index < -0.39 is 5.97 Å². The maximum atomic E-state index is 11.5. The van der Waals surface area contributed by atoms with E-state index in [1.54, 1.807) is 0 Å². The molecule has 98 valence electrons. The molecule has 0 unspecified atom stereocenters. The van der Waals surface area contributed by atoms with E-state index >= 15 is 0 Å². The third-order valence-corrected chi connectivity index (χ3v) is 2.80.